The smallest absolute Gasteiger partial charge is 0.410 e. The second-order valence-corrected chi connectivity index (χ2v) is 8.26. The molecule has 2 N–H and O–H groups in total. The standard InChI is InChI=1S/C20H30N2O4/c1-14(15-9-7-6-8-10-15)21-16-11-12-22(13-20(16,5)17(23)24)18(25)26-19(2,3)4/h6-10,14,16,21H,11-13H2,1-5H3,(H,23,24)/t14-,16-,20+/m0/s1. The van der Waals surface area contributed by atoms with Crippen LogP contribution in [-0.4, -0.2) is 46.8 Å². The van der Waals surface area contributed by atoms with Gasteiger partial charge in [-0.3, -0.25) is 4.79 Å². The molecule has 1 saturated heterocycles. The van der Waals surface area contributed by atoms with Crippen LogP contribution in [0.4, 0.5) is 4.79 Å². The van der Waals surface area contributed by atoms with Gasteiger partial charge in [-0.25, -0.2) is 4.79 Å². The van der Waals surface area contributed by atoms with Crippen LogP contribution in [0.5, 0.6) is 0 Å². The molecule has 0 bridgehead atoms. The molecule has 144 valence electrons. The summed E-state index contributed by atoms with van der Waals surface area (Å²) in [5.74, 6) is -0.913. The van der Waals surface area contributed by atoms with Crippen LogP contribution in [0.25, 0.3) is 0 Å². The van der Waals surface area contributed by atoms with Crippen LogP contribution in [0.15, 0.2) is 30.3 Å². The summed E-state index contributed by atoms with van der Waals surface area (Å²) in [5, 5.41) is 13.3. The molecule has 1 aliphatic heterocycles. The predicted octanol–water partition coefficient (Wildman–Crippen LogP) is 3.44. The summed E-state index contributed by atoms with van der Waals surface area (Å²) in [4.78, 5) is 25.9. The fourth-order valence-corrected chi connectivity index (χ4v) is 3.30. The van der Waals surface area contributed by atoms with E-state index in [9.17, 15) is 14.7 Å². The van der Waals surface area contributed by atoms with Gasteiger partial charge in [-0.15, -0.1) is 0 Å². The molecule has 1 aromatic carbocycles. The Morgan fingerprint density at radius 1 is 1.31 bits per heavy atom. The van der Waals surface area contributed by atoms with Gasteiger partial charge < -0.3 is 20.1 Å². The summed E-state index contributed by atoms with van der Waals surface area (Å²) >= 11 is 0. The zero-order valence-corrected chi connectivity index (χ0v) is 16.3. The summed E-state index contributed by atoms with van der Waals surface area (Å²) in [5.41, 5.74) is -0.582. The lowest BCUT2D eigenvalue weighted by Gasteiger charge is -2.44. The van der Waals surface area contributed by atoms with Gasteiger partial charge >= 0.3 is 12.1 Å². The Bertz CT molecular complexity index is 641. The van der Waals surface area contributed by atoms with E-state index in [-0.39, 0.29) is 18.6 Å². The minimum atomic E-state index is -1.09. The first-order valence-corrected chi connectivity index (χ1v) is 9.05. The summed E-state index contributed by atoms with van der Waals surface area (Å²) in [6.07, 6.45) is 0.0960. The third kappa shape index (κ3) is 4.75. The average Bonchev–Trinajstić information content (AvgIpc) is 2.55. The minimum absolute atomic E-state index is 0.0213. The predicted molar refractivity (Wildman–Crippen MR) is 99.9 cm³/mol. The summed E-state index contributed by atoms with van der Waals surface area (Å²) < 4.78 is 5.41. The van der Waals surface area contributed by atoms with Gasteiger partial charge in [0.25, 0.3) is 0 Å². The monoisotopic (exact) mass is 362 g/mol. The fourth-order valence-electron chi connectivity index (χ4n) is 3.30. The highest BCUT2D eigenvalue weighted by Gasteiger charge is 2.48. The Morgan fingerprint density at radius 2 is 1.92 bits per heavy atom. The number of carboxylic acid groups (broad SMARTS) is 1. The van der Waals surface area contributed by atoms with Gasteiger partial charge in [0.2, 0.25) is 0 Å². The molecule has 0 aromatic heterocycles. The van der Waals surface area contributed by atoms with E-state index >= 15 is 0 Å². The van der Waals surface area contributed by atoms with E-state index in [1.54, 1.807) is 27.7 Å². The molecule has 26 heavy (non-hydrogen) atoms. The van der Waals surface area contributed by atoms with Crippen molar-refractivity contribution < 1.29 is 19.4 Å². The van der Waals surface area contributed by atoms with Crippen molar-refractivity contribution in [3.05, 3.63) is 35.9 Å². The van der Waals surface area contributed by atoms with Gasteiger partial charge in [-0.05, 0) is 46.6 Å². The summed E-state index contributed by atoms with van der Waals surface area (Å²) in [6, 6.07) is 9.71. The molecular formula is C20H30N2O4. The number of hydrogen-bond acceptors (Lipinski definition) is 4. The third-order valence-electron chi connectivity index (χ3n) is 4.87. The van der Waals surface area contributed by atoms with E-state index in [0.717, 1.165) is 5.56 Å². The van der Waals surface area contributed by atoms with Crippen molar-refractivity contribution in [3.8, 4) is 0 Å². The first-order chi connectivity index (χ1) is 12.0. The zero-order chi connectivity index (χ0) is 19.5. The highest BCUT2D eigenvalue weighted by atomic mass is 16.6. The van der Waals surface area contributed by atoms with Crippen LogP contribution in [0.3, 0.4) is 0 Å². The SMILES string of the molecule is C[C@H](N[C@H]1CCN(C(=O)OC(C)(C)C)C[C@@]1(C)C(=O)O)c1ccccc1. The second kappa shape index (κ2) is 7.66. The van der Waals surface area contributed by atoms with E-state index in [2.05, 4.69) is 5.32 Å². The zero-order valence-electron chi connectivity index (χ0n) is 16.3. The first kappa shape index (κ1) is 20.2. The van der Waals surface area contributed by atoms with Crippen molar-refractivity contribution in [1.29, 1.82) is 0 Å². The number of ether oxygens (including phenoxy) is 1. The number of nitrogens with zero attached hydrogens (tertiary/aromatic N) is 1. The molecule has 1 aromatic rings. The van der Waals surface area contributed by atoms with Crippen LogP contribution in [-0.2, 0) is 9.53 Å². The van der Waals surface area contributed by atoms with Crippen LogP contribution < -0.4 is 5.32 Å². The number of benzene rings is 1. The molecule has 0 spiro atoms. The van der Waals surface area contributed by atoms with Crippen molar-refractivity contribution in [1.82, 2.24) is 10.2 Å². The molecule has 0 radical (unpaired) electrons. The van der Waals surface area contributed by atoms with Crippen molar-refractivity contribution in [2.75, 3.05) is 13.1 Å². The maximum Gasteiger partial charge on any atom is 0.410 e. The van der Waals surface area contributed by atoms with Gasteiger partial charge in [0.05, 0.1) is 5.41 Å². The molecule has 2 rings (SSSR count). The molecule has 6 heteroatoms. The lowest BCUT2D eigenvalue weighted by molar-refractivity contribution is -0.153. The molecule has 1 heterocycles. The number of amides is 1. The summed E-state index contributed by atoms with van der Waals surface area (Å²) in [7, 11) is 0. The van der Waals surface area contributed by atoms with Crippen molar-refractivity contribution >= 4 is 12.1 Å². The lowest BCUT2D eigenvalue weighted by Crippen LogP contribution is -2.60. The lowest BCUT2D eigenvalue weighted by atomic mass is 9.76. The van der Waals surface area contributed by atoms with Crippen LogP contribution in [0.2, 0.25) is 0 Å². The Morgan fingerprint density at radius 3 is 2.46 bits per heavy atom. The molecule has 3 atom stereocenters. The van der Waals surface area contributed by atoms with Gasteiger partial charge in [0.15, 0.2) is 0 Å². The van der Waals surface area contributed by atoms with Crippen molar-refractivity contribution in [3.63, 3.8) is 0 Å². The number of piperidine rings is 1. The third-order valence-corrected chi connectivity index (χ3v) is 4.87. The number of carboxylic acids is 1. The Labute approximate surface area is 155 Å². The van der Waals surface area contributed by atoms with E-state index in [1.807, 2.05) is 37.3 Å². The molecule has 0 unspecified atom stereocenters. The van der Waals surface area contributed by atoms with E-state index in [1.165, 1.54) is 4.90 Å². The highest BCUT2D eigenvalue weighted by Crippen LogP contribution is 2.33. The van der Waals surface area contributed by atoms with Gasteiger partial charge in [0, 0.05) is 25.2 Å². The topological polar surface area (TPSA) is 78.9 Å². The number of carbonyl (C=O) groups excluding carboxylic acids is 1. The number of rotatable bonds is 4. The van der Waals surface area contributed by atoms with Gasteiger partial charge in [-0.1, -0.05) is 30.3 Å². The number of likely N-dealkylation sites (tertiary alicyclic amines) is 1. The number of carbonyl (C=O) groups is 2. The van der Waals surface area contributed by atoms with E-state index in [0.29, 0.717) is 13.0 Å². The maximum absolute atomic E-state index is 12.4. The highest BCUT2D eigenvalue weighted by molar-refractivity contribution is 5.77. The quantitative estimate of drug-likeness (QED) is 0.858. The average molecular weight is 362 g/mol. The Hall–Kier alpha value is -2.08. The molecular weight excluding hydrogens is 332 g/mol. The largest absolute Gasteiger partial charge is 0.481 e. The van der Waals surface area contributed by atoms with Crippen molar-refractivity contribution in [2.24, 2.45) is 5.41 Å². The van der Waals surface area contributed by atoms with Crippen LogP contribution in [0.1, 0.15) is 52.6 Å². The number of hydrogen-bond donors (Lipinski definition) is 2. The molecule has 6 nitrogen and oxygen atoms in total. The normalized spacial score (nSPS) is 24.8. The Balaban J connectivity index is 2.12. The second-order valence-electron chi connectivity index (χ2n) is 8.26. The number of nitrogens with one attached hydrogen (secondary N) is 1. The minimum Gasteiger partial charge on any atom is -0.481 e. The van der Waals surface area contributed by atoms with Crippen molar-refractivity contribution in [2.45, 2.75) is 58.7 Å². The summed E-state index contributed by atoms with van der Waals surface area (Å²) in [6.45, 7) is 9.72. The molecule has 1 amide bonds. The van der Waals surface area contributed by atoms with Crippen LogP contribution >= 0.6 is 0 Å². The first-order valence-electron chi connectivity index (χ1n) is 9.05. The van der Waals surface area contributed by atoms with Gasteiger partial charge in [-0.2, -0.15) is 0 Å². The van der Waals surface area contributed by atoms with E-state index < -0.39 is 23.1 Å². The molecule has 1 fully saturated rings. The fraction of sp³-hybridized carbons (Fsp3) is 0.600. The van der Waals surface area contributed by atoms with E-state index in [4.69, 9.17) is 4.74 Å². The molecule has 0 saturated carbocycles. The Kier molecular flexibility index (Phi) is 5.96. The number of aliphatic carboxylic acids is 1. The maximum atomic E-state index is 12.4. The van der Waals surface area contributed by atoms with Crippen LogP contribution in [0, 0.1) is 5.41 Å². The molecule has 0 aliphatic carbocycles. The molecule has 1 aliphatic rings. The van der Waals surface area contributed by atoms with Gasteiger partial charge in [0.1, 0.15) is 5.60 Å².